The largest absolute Gasteiger partial charge is 0.382 e. The van der Waals surface area contributed by atoms with E-state index >= 15 is 0 Å². The number of aryl methyl sites for hydroxylation is 2. The summed E-state index contributed by atoms with van der Waals surface area (Å²) < 4.78 is 6.07. The Balaban J connectivity index is 2.16. The maximum Gasteiger partial charge on any atom is 0.153 e. The van der Waals surface area contributed by atoms with Crippen LogP contribution in [0.3, 0.4) is 0 Å². The van der Waals surface area contributed by atoms with Crippen LogP contribution in [-0.2, 0) is 13.6 Å². The summed E-state index contributed by atoms with van der Waals surface area (Å²) in [5.74, 6) is 0.606. The van der Waals surface area contributed by atoms with E-state index in [1.807, 2.05) is 24.9 Å². The van der Waals surface area contributed by atoms with Gasteiger partial charge in [0.05, 0.1) is 10.6 Å². The van der Waals surface area contributed by atoms with Gasteiger partial charge in [-0.3, -0.25) is 4.68 Å². The van der Waals surface area contributed by atoms with Crippen molar-refractivity contribution in [3.63, 3.8) is 0 Å². The molecule has 0 radical (unpaired) electrons. The minimum Gasteiger partial charge on any atom is -0.382 e. The van der Waals surface area contributed by atoms with E-state index in [4.69, 9.17) is 5.73 Å². The van der Waals surface area contributed by atoms with Crippen molar-refractivity contribution >= 4 is 34.1 Å². The molecule has 0 saturated carbocycles. The summed E-state index contributed by atoms with van der Waals surface area (Å²) in [4.78, 5) is 1.03. The van der Waals surface area contributed by atoms with Crippen molar-refractivity contribution in [2.75, 3.05) is 17.3 Å². The summed E-state index contributed by atoms with van der Waals surface area (Å²) in [6, 6.07) is 0. The van der Waals surface area contributed by atoms with Crippen molar-refractivity contribution in [1.82, 2.24) is 14.2 Å². The first-order chi connectivity index (χ1) is 8.54. The zero-order chi connectivity index (χ0) is 13.3. The van der Waals surface area contributed by atoms with Crippen molar-refractivity contribution in [3.8, 4) is 0 Å². The minimum atomic E-state index is 0.606. The molecule has 0 aliphatic heterocycles. The third-order valence-electron chi connectivity index (χ3n) is 2.96. The van der Waals surface area contributed by atoms with Crippen molar-refractivity contribution in [1.29, 1.82) is 0 Å². The van der Waals surface area contributed by atoms with Crippen molar-refractivity contribution < 1.29 is 0 Å². The normalized spacial score (nSPS) is 10.9. The molecule has 0 bridgehead atoms. The summed E-state index contributed by atoms with van der Waals surface area (Å²) in [5, 5.41) is 8.83. The van der Waals surface area contributed by atoms with Crippen molar-refractivity contribution in [2.45, 2.75) is 25.3 Å². The summed E-state index contributed by atoms with van der Waals surface area (Å²) in [7, 11) is 1.96. The standard InChI is InChI=1S/C11H17N5S2/c1-6-8(7(2)16(3)14-6)5-13-11-9(17-4)10(12)15-18-11/h13H,5H2,1-4H3,(H2,12,15). The Labute approximate surface area is 115 Å². The van der Waals surface area contributed by atoms with E-state index in [2.05, 4.69) is 21.7 Å². The molecule has 2 aromatic heterocycles. The van der Waals surface area contributed by atoms with E-state index < -0.39 is 0 Å². The number of nitrogens with zero attached hydrogens (tertiary/aromatic N) is 3. The number of anilines is 2. The van der Waals surface area contributed by atoms with Crippen LogP contribution in [-0.4, -0.2) is 20.4 Å². The summed E-state index contributed by atoms with van der Waals surface area (Å²) in [6.07, 6.45) is 2.01. The molecule has 0 amide bonds. The number of hydrogen-bond donors (Lipinski definition) is 2. The molecule has 0 spiro atoms. The van der Waals surface area contributed by atoms with Crippen LogP contribution in [0.5, 0.6) is 0 Å². The first-order valence-corrected chi connectivity index (χ1v) is 7.56. The van der Waals surface area contributed by atoms with Gasteiger partial charge in [-0.1, -0.05) is 0 Å². The van der Waals surface area contributed by atoms with Crippen LogP contribution in [0.15, 0.2) is 4.90 Å². The lowest BCUT2D eigenvalue weighted by molar-refractivity contribution is 0.730. The highest BCUT2D eigenvalue weighted by atomic mass is 32.2. The van der Waals surface area contributed by atoms with Gasteiger partial charge in [-0.25, -0.2) is 0 Å². The lowest BCUT2D eigenvalue weighted by Gasteiger charge is -2.06. The van der Waals surface area contributed by atoms with Crippen LogP contribution in [0.25, 0.3) is 0 Å². The van der Waals surface area contributed by atoms with E-state index in [-0.39, 0.29) is 0 Å². The second kappa shape index (κ2) is 5.19. The maximum atomic E-state index is 5.81. The monoisotopic (exact) mass is 283 g/mol. The molecule has 98 valence electrons. The predicted octanol–water partition coefficient (Wildman–Crippen LogP) is 2.41. The number of thioether (sulfide) groups is 1. The van der Waals surface area contributed by atoms with Gasteiger partial charge in [-0.2, -0.15) is 9.47 Å². The van der Waals surface area contributed by atoms with Crippen LogP contribution >= 0.6 is 23.3 Å². The zero-order valence-electron chi connectivity index (χ0n) is 10.9. The number of nitrogens with two attached hydrogens (primary N) is 1. The lowest BCUT2D eigenvalue weighted by Crippen LogP contribution is -2.02. The molecule has 0 unspecified atom stereocenters. The fraction of sp³-hybridized carbons (Fsp3) is 0.455. The third kappa shape index (κ3) is 2.32. The van der Waals surface area contributed by atoms with Gasteiger partial charge < -0.3 is 11.1 Å². The second-order valence-electron chi connectivity index (χ2n) is 4.06. The Kier molecular flexibility index (Phi) is 3.82. The van der Waals surface area contributed by atoms with Gasteiger partial charge in [-0.15, -0.1) is 11.8 Å². The average Bonchev–Trinajstić information content (AvgIpc) is 2.79. The Bertz CT molecular complexity index is 558. The van der Waals surface area contributed by atoms with E-state index in [0.717, 1.165) is 22.1 Å². The quantitative estimate of drug-likeness (QED) is 0.843. The van der Waals surface area contributed by atoms with Crippen LogP contribution in [0.2, 0.25) is 0 Å². The molecule has 18 heavy (non-hydrogen) atoms. The number of aromatic nitrogens is 3. The molecular weight excluding hydrogens is 266 g/mol. The Morgan fingerprint density at radius 1 is 1.44 bits per heavy atom. The molecule has 0 atom stereocenters. The van der Waals surface area contributed by atoms with Crippen LogP contribution < -0.4 is 11.1 Å². The molecule has 2 rings (SSSR count). The Morgan fingerprint density at radius 2 is 2.17 bits per heavy atom. The molecule has 5 nitrogen and oxygen atoms in total. The third-order valence-corrected chi connectivity index (χ3v) is 4.73. The molecule has 0 aromatic carbocycles. The predicted molar refractivity (Wildman–Crippen MR) is 78.3 cm³/mol. The van der Waals surface area contributed by atoms with Gasteiger partial charge in [0.2, 0.25) is 0 Å². The first kappa shape index (κ1) is 13.2. The van der Waals surface area contributed by atoms with Gasteiger partial charge in [0.25, 0.3) is 0 Å². The summed E-state index contributed by atoms with van der Waals surface area (Å²) in [5.41, 5.74) is 9.28. The maximum absolute atomic E-state index is 5.81. The SMILES string of the molecule is CSc1c(N)nsc1NCc1c(C)nn(C)c1C. The molecule has 0 fully saturated rings. The second-order valence-corrected chi connectivity index (χ2v) is 5.65. The van der Waals surface area contributed by atoms with Gasteiger partial charge in [-0.05, 0) is 31.6 Å². The highest BCUT2D eigenvalue weighted by Gasteiger charge is 2.13. The number of nitrogen functional groups attached to an aromatic ring is 1. The van der Waals surface area contributed by atoms with E-state index in [1.54, 1.807) is 11.8 Å². The van der Waals surface area contributed by atoms with Gasteiger partial charge in [0.15, 0.2) is 5.82 Å². The van der Waals surface area contributed by atoms with E-state index in [0.29, 0.717) is 5.82 Å². The van der Waals surface area contributed by atoms with Gasteiger partial charge in [0, 0.05) is 24.8 Å². The van der Waals surface area contributed by atoms with Gasteiger partial charge in [0.1, 0.15) is 5.00 Å². The number of hydrogen-bond acceptors (Lipinski definition) is 6. The summed E-state index contributed by atoms with van der Waals surface area (Å²) in [6.45, 7) is 4.86. The topological polar surface area (TPSA) is 68.8 Å². The molecule has 7 heteroatoms. The highest BCUT2D eigenvalue weighted by Crippen LogP contribution is 2.35. The smallest absolute Gasteiger partial charge is 0.153 e. The van der Waals surface area contributed by atoms with Crippen molar-refractivity contribution in [3.05, 3.63) is 17.0 Å². The number of rotatable bonds is 4. The molecule has 2 aromatic rings. The molecule has 0 aliphatic rings. The average molecular weight is 283 g/mol. The summed E-state index contributed by atoms with van der Waals surface area (Å²) >= 11 is 3.02. The highest BCUT2D eigenvalue weighted by molar-refractivity contribution is 7.99. The minimum absolute atomic E-state index is 0.606. The van der Waals surface area contributed by atoms with Crippen molar-refractivity contribution in [2.24, 2.45) is 7.05 Å². The fourth-order valence-electron chi connectivity index (χ4n) is 1.85. The van der Waals surface area contributed by atoms with Gasteiger partial charge >= 0.3 is 0 Å². The zero-order valence-corrected chi connectivity index (χ0v) is 12.6. The molecule has 3 N–H and O–H groups in total. The van der Waals surface area contributed by atoms with E-state index in [1.165, 1.54) is 22.8 Å². The van der Waals surface area contributed by atoms with E-state index in [9.17, 15) is 0 Å². The molecule has 0 aliphatic carbocycles. The fourth-order valence-corrected chi connectivity index (χ4v) is 3.38. The number of nitrogens with one attached hydrogen (secondary N) is 1. The molecule has 0 saturated heterocycles. The Hall–Kier alpha value is -1.21. The Morgan fingerprint density at radius 3 is 2.72 bits per heavy atom. The van der Waals surface area contributed by atoms with Crippen LogP contribution in [0, 0.1) is 13.8 Å². The first-order valence-electron chi connectivity index (χ1n) is 5.56. The molecule has 2 heterocycles. The molecular formula is C11H17N5S2. The van der Waals surface area contributed by atoms with Crippen LogP contribution in [0.1, 0.15) is 17.0 Å². The van der Waals surface area contributed by atoms with Crippen LogP contribution in [0.4, 0.5) is 10.8 Å². The lowest BCUT2D eigenvalue weighted by atomic mass is 10.2.